The highest BCUT2D eigenvalue weighted by Gasteiger charge is 2.19. The summed E-state index contributed by atoms with van der Waals surface area (Å²) in [6.45, 7) is 7.60. The van der Waals surface area contributed by atoms with E-state index in [0.717, 1.165) is 0 Å². The molecule has 0 heterocycles. The van der Waals surface area contributed by atoms with Crippen molar-refractivity contribution in [3.05, 3.63) is 28.8 Å². The number of esters is 1. The summed E-state index contributed by atoms with van der Waals surface area (Å²) in [5.74, 6) is 0.0251. The summed E-state index contributed by atoms with van der Waals surface area (Å²) in [7, 11) is 0. The van der Waals surface area contributed by atoms with Crippen LogP contribution in [0.2, 0.25) is 5.02 Å². The quantitative estimate of drug-likeness (QED) is 0.864. The van der Waals surface area contributed by atoms with E-state index in [1.54, 1.807) is 18.2 Å². The lowest BCUT2D eigenvalue weighted by molar-refractivity contribution is 0.00691. The van der Waals surface area contributed by atoms with E-state index >= 15 is 0 Å². The monoisotopic (exact) mass is 285 g/mol. The van der Waals surface area contributed by atoms with Crippen molar-refractivity contribution < 1.29 is 14.3 Å². The molecule has 4 nitrogen and oxygen atoms in total. The van der Waals surface area contributed by atoms with Crippen LogP contribution in [-0.2, 0) is 4.74 Å². The van der Waals surface area contributed by atoms with Gasteiger partial charge in [0.2, 0.25) is 0 Å². The van der Waals surface area contributed by atoms with Crippen molar-refractivity contribution in [2.45, 2.75) is 39.3 Å². The lowest BCUT2D eigenvalue weighted by atomic mass is 10.1. The number of ether oxygens (including phenoxy) is 2. The molecule has 106 valence electrons. The molecule has 0 saturated heterocycles. The molecule has 1 aromatic carbocycles. The number of benzene rings is 1. The number of halogens is 1. The number of nitrogens with two attached hydrogens (primary N) is 1. The Bertz CT molecular complexity index is 452. The van der Waals surface area contributed by atoms with Crippen LogP contribution in [0.3, 0.4) is 0 Å². The van der Waals surface area contributed by atoms with Crippen LogP contribution in [0.4, 0.5) is 0 Å². The maximum atomic E-state index is 11.9. The SMILES string of the molecule is CC(N)COc1cc(C(=O)OC(C)(C)C)ccc1Cl. The van der Waals surface area contributed by atoms with E-state index in [4.69, 9.17) is 26.8 Å². The number of carbonyl (C=O) groups is 1. The van der Waals surface area contributed by atoms with E-state index in [0.29, 0.717) is 22.9 Å². The highest BCUT2D eigenvalue weighted by atomic mass is 35.5. The third kappa shape index (κ3) is 5.49. The van der Waals surface area contributed by atoms with Crippen molar-refractivity contribution in [3.8, 4) is 5.75 Å². The molecule has 0 amide bonds. The van der Waals surface area contributed by atoms with Crippen molar-refractivity contribution in [2.24, 2.45) is 5.73 Å². The van der Waals surface area contributed by atoms with Crippen LogP contribution in [0.15, 0.2) is 18.2 Å². The Morgan fingerprint density at radius 1 is 1.42 bits per heavy atom. The molecule has 1 unspecified atom stereocenters. The van der Waals surface area contributed by atoms with Gasteiger partial charge in [-0.25, -0.2) is 4.79 Å². The van der Waals surface area contributed by atoms with E-state index < -0.39 is 11.6 Å². The lowest BCUT2D eigenvalue weighted by Gasteiger charge is -2.20. The van der Waals surface area contributed by atoms with Gasteiger partial charge in [0.15, 0.2) is 0 Å². The summed E-state index contributed by atoms with van der Waals surface area (Å²) in [6.07, 6.45) is 0. The molecule has 1 aromatic rings. The van der Waals surface area contributed by atoms with Crippen molar-refractivity contribution in [1.82, 2.24) is 0 Å². The van der Waals surface area contributed by atoms with E-state index in [9.17, 15) is 4.79 Å². The Labute approximate surface area is 118 Å². The van der Waals surface area contributed by atoms with Gasteiger partial charge in [0, 0.05) is 6.04 Å². The Morgan fingerprint density at radius 3 is 2.58 bits per heavy atom. The standard InChI is InChI=1S/C14H20ClNO3/c1-9(16)8-18-12-7-10(5-6-11(12)15)13(17)19-14(2,3)4/h5-7,9H,8,16H2,1-4H3. The van der Waals surface area contributed by atoms with Gasteiger partial charge >= 0.3 is 5.97 Å². The fraction of sp³-hybridized carbons (Fsp3) is 0.500. The first-order valence-electron chi connectivity index (χ1n) is 6.10. The van der Waals surface area contributed by atoms with Gasteiger partial charge in [-0.1, -0.05) is 11.6 Å². The average Bonchev–Trinajstić information content (AvgIpc) is 2.25. The maximum Gasteiger partial charge on any atom is 0.338 e. The summed E-state index contributed by atoms with van der Waals surface area (Å²) in [5, 5.41) is 0.438. The van der Waals surface area contributed by atoms with Gasteiger partial charge in [0.05, 0.1) is 10.6 Å². The number of rotatable bonds is 4. The zero-order chi connectivity index (χ0) is 14.6. The van der Waals surface area contributed by atoms with Gasteiger partial charge in [-0.3, -0.25) is 0 Å². The Morgan fingerprint density at radius 2 is 2.05 bits per heavy atom. The number of hydrogen-bond donors (Lipinski definition) is 1. The van der Waals surface area contributed by atoms with E-state index in [1.807, 2.05) is 27.7 Å². The molecule has 0 aliphatic carbocycles. The normalized spacial score (nSPS) is 12.9. The number of hydrogen-bond acceptors (Lipinski definition) is 4. The minimum atomic E-state index is -0.538. The van der Waals surface area contributed by atoms with Crippen LogP contribution in [0.1, 0.15) is 38.1 Å². The second-order valence-corrected chi connectivity index (χ2v) is 5.84. The third-order valence-electron chi connectivity index (χ3n) is 2.07. The van der Waals surface area contributed by atoms with Gasteiger partial charge in [-0.05, 0) is 45.9 Å². The highest BCUT2D eigenvalue weighted by molar-refractivity contribution is 6.32. The highest BCUT2D eigenvalue weighted by Crippen LogP contribution is 2.26. The molecule has 1 rings (SSSR count). The Hall–Kier alpha value is -1.26. The van der Waals surface area contributed by atoms with Gasteiger partial charge in [-0.2, -0.15) is 0 Å². The molecule has 0 fully saturated rings. The third-order valence-corrected chi connectivity index (χ3v) is 2.38. The molecule has 0 bridgehead atoms. The first kappa shape index (κ1) is 15.8. The Kier molecular flexibility index (Phi) is 5.20. The van der Waals surface area contributed by atoms with Crippen molar-refractivity contribution in [1.29, 1.82) is 0 Å². The molecule has 0 spiro atoms. The van der Waals surface area contributed by atoms with Crippen LogP contribution < -0.4 is 10.5 Å². The van der Waals surface area contributed by atoms with Crippen LogP contribution in [0, 0.1) is 0 Å². The average molecular weight is 286 g/mol. The minimum absolute atomic E-state index is 0.110. The predicted molar refractivity (Wildman–Crippen MR) is 75.8 cm³/mol. The first-order valence-corrected chi connectivity index (χ1v) is 6.48. The fourth-order valence-corrected chi connectivity index (χ4v) is 1.47. The second-order valence-electron chi connectivity index (χ2n) is 5.44. The zero-order valence-electron chi connectivity index (χ0n) is 11.7. The van der Waals surface area contributed by atoms with Crippen molar-refractivity contribution in [3.63, 3.8) is 0 Å². The molecular weight excluding hydrogens is 266 g/mol. The molecule has 5 heteroatoms. The summed E-state index contributed by atoms with van der Waals surface area (Å²) < 4.78 is 10.7. The zero-order valence-corrected chi connectivity index (χ0v) is 12.5. The van der Waals surface area contributed by atoms with Gasteiger partial charge < -0.3 is 15.2 Å². The fourth-order valence-electron chi connectivity index (χ4n) is 1.30. The second kappa shape index (κ2) is 6.26. The van der Waals surface area contributed by atoms with Crippen LogP contribution in [0.25, 0.3) is 0 Å². The van der Waals surface area contributed by atoms with E-state index in [-0.39, 0.29) is 6.04 Å². The summed E-state index contributed by atoms with van der Waals surface area (Å²) in [5.41, 5.74) is 5.48. The molecule has 19 heavy (non-hydrogen) atoms. The summed E-state index contributed by atoms with van der Waals surface area (Å²) >= 11 is 6.00. The largest absolute Gasteiger partial charge is 0.490 e. The van der Waals surface area contributed by atoms with Gasteiger partial charge in [0.1, 0.15) is 18.0 Å². The molecule has 0 aliphatic rings. The van der Waals surface area contributed by atoms with Crippen molar-refractivity contribution in [2.75, 3.05) is 6.61 Å². The topological polar surface area (TPSA) is 61.5 Å². The van der Waals surface area contributed by atoms with Crippen LogP contribution in [-0.4, -0.2) is 24.2 Å². The molecule has 0 aliphatic heterocycles. The van der Waals surface area contributed by atoms with Crippen LogP contribution in [0.5, 0.6) is 5.75 Å². The van der Waals surface area contributed by atoms with E-state index in [2.05, 4.69) is 0 Å². The van der Waals surface area contributed by atoms with Crippen molar-refractivity contribution >= 4 is 17.6 Å². The first-order chi connectivity index (χ1) is 8.69. The molecular formula is C14H20ClNO3. The lowest BCUT2D eigenvalue weighted by Crippen LogP contribution is -2.24. The van der Waals surface area contributed by atoms with E-state index in [1.165, 1.54) is 0 Å². The summed E-state index contributed by atoms with van der Waals surface area (Å²) in [6, 6.07) is 4.67. The van der Waals surface area contributed by atoms with Gasteiger partial charge in [0.25, 0.3) is 0 Å². The number of carbonyl (C=O) groups excluding carboxylic acids is 1. The van der Waals surface area contributed by atoms with Crippen LogP contribution >= 0.6 is 11.6 Å². The maximum absolute atomic E-state index is 11.9. The molecule has 2 N–H and O–H groups in total. The molecule has 0 radical (unpaired) electrons. The molecule has 1 atom stereocenters. The summed E-state index contributed by atoms with van der Waals surface area (Å²) in [4.78, 5) is 11.9. The van der Waals surface area contributed by atoms with Gasteiger partial charge in [-0.15, -0.1) is 0 Å². The Balaban J connectivity index is 2.86. The minimum Gasteiger partial charge on any atom is -0.490 e. The molecule has 0 saturated carbocycles. The smallest absolute Gasteiger partial charge is 0.338 e. The predicted octanol–water partition coefficient (Wildman–Crippen LogP) is 3.02. The molecule has 0 aromatic heterocycles.